The predicted octanol–water partition coefficient (Wildman–Crippen LogP) is -0.950. The summed E-state index contributed by atoms with van der Waals surface area (Å²) in [5.41, 5.74) is -0.212. The quantitative estimate of drug-likeness (QED) is 0.595. The molecule has 0 aliphatic heterocycles. The van der Waals surface area contributed by atoms with Crippen molar-refractivity contribution < 1.29 is 8.42 Å². The van der Waals surface area contributed by atoms with Gasteiger partial charge in [-0.05, 0) is 0 Å². The number of sulfone groups is 1. The highest BCUT2D eigenvalue weighted by atomic mass is 32.2. The molecule has 2 rings (SSSR count). The topological polar surface area (TPSA) is 109 Å². The van der Waals surface area contributed by atoms with Gasteiger partial charge >= 0.3 is 5.69 Å². The molecule has 0 radical (unpaired) electrons. The number of imidazole rings is 1. The van der Waals surface area contributed by atoms with Crippen LogP contribution in [0, 0.1) is 0 Å². The molecule has 0 amide bonds. The summed E-state index contributed by atoms with van der Waals surface area (Å²) in [5, 5.41) is -0.180. The Balaban J connectivity index is 2.98. The molecule has 8 heteroatoms. The normalized spacial score (nSPS) is 12.1. The molecule has 0 fully saturated rings. The van der Waals surface area contributed by atoms with Crippen LogP contribution in [-0.2, 0) is 9.84 Å². The maximum absolute atomic E-state index is 11.2. The number of fused-ring (bicyclic) bond motifs is 1. The Kier molecular flexibility index (Phi) is 1.68. The van der Waals surface area contributed by atoms with Crippen molar-refractivity contribution in [2.45, 2.75) is 5.03 Å². The van der Waals surface area contributed by atoms with Gasteiger partial charge in [-0.25, -0.2) is 23.2 Å². The van der Waals surface area contributed by atoms with E-state index in [4.69, 9.17) is 0 Å². The lowest BCUT2D eigenvalue weighted by Crippen LogP contribution is -2.03. The van der Waals surface area contributed by atoms with Gasteiger partial charge in [-0.3, -0.25) is 4.98 Å². The van der Waals surface area contributed by atoms with Gasteiger partial charge in [0, 0.05) is 6.26 Å². The Morgan fingerprint density at radius 1 is 1.29 bits per heavy atom. The van der Waals surface area contributed by atoms with E-state index >= 15 is 0 Å². The van der Waals surface area contributed by atoms with Gasteiger partial charge in [0.1, 0.15) is 11.8 Å². The molecule has 0 aliphatic rings. The zero-order valence-corrected chi connectivity index (χ0v) is 7.92. The highest BCUT2D eigenvalue weighted by Crippen LogP contribution is 2.12. The molecule has 0 aromatic carbocycles. The van der Waals surface area contributed by atoms with Gasteiger partial charge in [-0.2, -0.15) is 0 Å². The van der Waals surface area contributed by atoms with E-state index in [1.165, 1.54) is 0 Å². The summed E-state index contributed by atoms with van der Waals surface area (Å²) < 4.78 is 22.5. The van der Waals surface area contributed by atoms with Crippen LogP contribution in [0.1, 0.15) is 0 Å². The minimum Gasteiger partial charge on any atom is -0.302 e. The van der Waals surface area contributed by atoms with Gasteiger partial charge in [0.25, 0.3) is 0 Å². The Morgan fingerprint density at radius 2 is 2.00 bits per heavy atom. The first-order valence-corrected chi connectivity index (χ1v) is 5.50. The molecular weight excluding hydrogens is 208 g/mol. The van der Waals surface area contributed by atoms with Gasteiger partial charge in [-0.15, -0.1) is 0 Å². The fourth-order valence-corrected chi connectivity index (χ4v) is 1.87. The Labute approximate surface area is 78.1 Å². The van der Waals surface area contributed by atoms with Crippen molar-refractivity contribution in [2.75, 3.05) is 6.26 Å². The lowest BCUT2D eigenvalue weighted by molar-refractivity contribution is 0.599. The molecular formula is C6H6N4O3S. The van der Waals surface area contributed by atoms with Crippen molar-refractivity contribution in [3.8, 4) is 0 Å². The number of aromatic amines is 2. The molecule has 2 N–H and O–H groups in total. The molecule has 0 atom stereocenters. The van der Waals surface area contributed by atoms with E-state index in [2.05, 4.69) is 19.9 Å². The SMILES string of the molecule is CS(=O)(=O)c1ncnc2[nH]c(=O)[nH]c12. The second-order valence-electron chi connectivity index (χ2n) is 2.75. The minimum absolute atomic E-state index is 0.111. The number of hydrogen-bond donors (Lipinski definition) is 2. The first-order chi connectivity index (χ1) is 6.48. The molecule has 2 aromatic rings. The van der Waals surface area contributed by atoms with Crippen LogP contribution in [0.3, 0.4) is 0 Å². The van der Waals surface area contributed by atoms with Gasteiger partial charge < -0.3 is 4.98 Å². The Hall–Kier alpha value is -1.70. The fourth-order valence-electron chi connectivity index (χ4n) is 1.11. The second-order valence-corrected chi connectivity index (χ2v) is 4.68. The van der Waals surface area contributed by atoms with Crippen molar-refractivity contribution in [3.63, 3.8) is 0 Å². The minimum atomic E-state index is -3.46. The van der Waals surface area contributed by atoms with Crippen LogP contribution in [0.25, 0.3) is 11.2 Å². The molecule has 2 heterocycles. The third-order valence-corrected chi connectivity index (χ3v) is 2.65. The smallest absolute Gasteiger partial charge is 0.302 e. The largest absolute Gasteiger partial charge is 0.325 e. The number of H-pyrrole nitrogens is 2. The van der Waals surface area contributed by atoms with Crippen LogP contribution in [0.5, 0.6) is 0 Å². The van der Waals surface area contributed by atoms with E-state index in [1.54, 1.807) is 0 Å². The molecule has 0 spiro atoms. The van der Waals surface area contributed by atoms with Crippen molar-refractivity contribution in [1.29, 1.82) is 0 Å². The van der Waals surface area contributed by atoms with Gasteiger partial charge in [-0.1, -0.05) is 0 Å². The van der Waals surface area contributed by atoms with Crippen LogP contribution < -0.4 is 5.69 Å². The van der Waals surface area contributed by atoms with Crippen molar-refractivity contribution in [1.82, 2.24) is 19.9 Å². The van der Waals surface area contributed by atoms with E-state index < -0.39 is 15.5 Å². The Morgan fingerprint density at radius 3 is 2.64 bits per heavy atom. The summed E-state index contributed by atoms with van der Waals surface area (Å²) in [7, 11) is -3.46. The molecule has 0 unspecified atom stereocenters. The predicted molar refractivity (Wildman–Crippen MR) is 47.6 cm³/mol. The number of aromatic nitrogens is 4. The van der Waals surface area contributed by atoms with Gasteiger partial charge in [0.15, 0.2) is 20.5 Å². The summed E-state index contributed by atoms with van der Waals surface area (Å²) in [6.45, 7) is 0. The standard InChI is InChI=1S/C6H6N4O3S/c1-14(12,13)5-3-4(7-2-8-5)10-6(11)9-3/h2H,1H3,(H2,7,8,9,10,11). The van der Waals surface area contributed by atoms with E-state index in [1.807, 2.05) is 0 Å². The number of rotatable bonds is 1. The van der Waals surface area contributed by atoms with E-state index in [9.17, 15) is 13.2 Å². The van der Waals surface area contributed by atoms with E-state index in [0.717, 1.165) is 12.6 Å². The lowest BCUT2D eigenvalue weighted by atomic mass is 10.6. The maximum atomic E-state index is 11.2. The lowest BCUT2D eigenvalue weighted by Gasteiger charge is -1.96. The van der Waals surface area contributed by atoms with E-state index in [0.29, 0.717) is 0 Å². The Bertz CT molecular complexity index is 638. The third-order valence-electron chi connectivity index (χ3n) is 1.63. The molecule has 14 heavy (non-hydrogen) atoms. The van der Waals surface area contributed by atoms with Crippen LogP contribution in [0.15, 0.2) is 16.1 Å². The molecule has 7 nitrogen and oxygen atoms in total. The zero-order valence-electron chi connectivity index (χ0n) is 7.10. The van der Waals surface area contributed by atoms with E-state index in [-0.39, 0.29) is 16.2 Å². The summed E-state index contributed by atoms with van der Waals surface area (Å²) in [6, 6.07) is 0. The molecule has 0 saturated heterocycles. The van der Waals surface area contributed by atoms with Crippen molar-refractivity contribution >= 4 is 21.0 Å². The molecule has 0 bridgehead atoms. The molecule has 0 aliphatic carbocycles. The average molecular weight is 214 g/mol. The highest BCUT2D eigenvalue weighted by Gasteiger charge is 2.15. The second kappa shape index (κ2) is 2.64. The maximum Gasteiger partial charge on any atom is 0.325 e. The van der Waals surface area contributed by atoms with Crippen LogP contribution in [-0.4, -0.2) is 34.6 Å². The van der Waals surface area contributed by atoms with Crippen LogP contribution in [0.4, 0.5) is 0 Å². The molecule has 0 saturated carbocycles. The van der Waals surface area contributed by atoms with Crippen molar-refractivity contribution in [2.24, 2.45) is 0 Å². The summed E-state index contributed by atoms with van der Waals surface area (Å²) in [5.74, 6) is 0. The van der Waals surface area contributed by atoms with Crippen LogP contribution >= 0.6 is 0 Å². The average Bonchev–Trinajstić information content (AvgIpc) is 2.41. The van der Waals surface area contributed by atoms with Crippen molar-refractivity contribution in [3.05, 3.63) is 16.8 Å². The number of hydrogen-bond acceptors (Lipinski definition) is 5. The van der Waals surface area contributed by atoms with Crippen LogP contribution in [0.2, 0.25) is 0 Å². The van der Waals surface area contributed by atoms with Gasteiger partial charge in [0.2, 0.25) is 0 Å². The highest BCUT2D eigenvalue weighted by molar-refractivity contribution is 7.90. The zero-order chi connectivity index (χ0) is 10.3. The third kappa shape index (κ3) is 1.29. The summed E-state index contributed by atoms with van der Waals surface area (Å²) in [6.07, 6.45) is 2.10. The first-order valence-electron chi connectivity index (χ1n) is 3.61. The number of nitrogens with zero attached hydrogens (tertiary/aromatic N) is 2. The molecule has 2 aromatic heterocycles. The number of nitrogens with one attached hydrogen (secondary N) is 2. The molecule has 74 valence electrons. The summed E-state index contributed by atoms with van der Waals surface area (Å²) >= 11 is 0. The monoisotopic (exact) mass is 214 g/mol. The van der Waals surface area contributed by atoms with Gasteiger partial charge in [0.05, 0.1) is 0 Å². The fraction of sp³-hybridized carbons (Fsp3) is 0.167. The summed E-state index contributed by atoms with van der Waals surface area (Å²) in [4.78, 5) is 22.9. The first kappa shape index (κ1) is 8.88.